The molecule has 0 fully saturated rings. The van der Waals surface area contributed by atoms with Crippen LogP contribution in [0, 0.1) is 0 Å². The minimum absolute atomic E-state index is 1.37. The number of unbranched alkanes of at least 4 members (excludes halogenated alkanes) is 19. The van der Waals surface area contributed by atoms with Crippen molar-refractivity contribution < 1.29 is 0 Å². The summed E-state index contributed by atoms with van der Waals surface area (Å²) in [6, 6.07) is 0. The molecule has 0 aromatic rings. The third-order valence-electron chi connectivity index (χ3n) is 4.96. The minimum Gasteiger partial charge on any atom is -0.312 e. The van der Waals surface area contributed by atoms with Crippen molar-refractivity contribution in [3.8, 4) is 0 Å². The van der Waals surface area contributed by atoms with E-state index >= 15 is 0 Å². The van der Waals surface area contributed by atoms with Gasteiger partial charge in [0.05, 0.1) is 0 Å². The zero-order valence-electron chi connectivity index (χ0n) is 19.6. The van der Waals surface area contributed by atoms with Crippen LogP contribution in [0.15, 0.2) is 0 Å². The van der Waals surface area contributed by atoms with Crippen LogP contribution < -0.4 is 0 Å². The normalized spacial score (nSPS) is 10.8. The Bertz CT molecular complexity index is 189. The quantitative estimate of drug-likeness (QED) is 0.205. The molecule has 0 amide bonds. The Morgan fingerprint density at radius 2 is 0.423 bits per heavy atom. The number of hydrogen-bond donors (Lipinski definition) is 0. The Hall–Kier alpha value is -0.0400. The molecule has 1 nitrogen and oxygen atoms in total. The molecule has 0 heterocycles. The zero-order chi connectivity index (χ0) is 19.7. The Labute approximate surface area is 168 Å². The van der Waals surface area contributed by atoms with E-state index < -0.39 is 0 Å². The molecule has 0 saturated carbocycles. The highest BCUT2D eigenvalue weighted by atomic mass is 15.0. The van der Waals surface area contributed by atoms with E-state index in [0.29, 0.717) is 0 Å². The van der Waals surface area contributed by atoms with Crippen molar-refractivity contribution in [2.24, 2.45) is 0 Å². The fourth-order valence-electron chi connectivity index (χ4n) is 3.33. The van der Waals surface area contributed by atoms with Gasteiger partial charge in [0.2, 0.25) is 0 Å². The van der Waals surface area contributed by atoms with E-state index in [9.17, 15) is 0 Å². The smallest absolute Gasteiger partial charge is 0.0140 e. The molecule has 0 rings (SSSR count). The summed E-state index contributed by atoms with van der Waals surface area (Å²) in [5, 5.41) is 0. The van der Waals surface area contributed by atoms with Gasteiger partial charge in [0.1, 0.15) is 0 Å². The Morgan fingerprint density at radius 1 is 0.308 bits per heavy atom. The molecular weight excluding hydrogens is 314 g/mol. The van der Waals surface area contributed by atoms with Gasteiger partial charge in [-0.15, -0.1) is 0 Å². The zero-order valence-corrected chi connectivity index (χ0v) is 19.6. The van der Waals surface area contributed by atoms with Gasteiger partial charge >= 0.3 is 0 Å². The lowest BCUT2D eigenvalue weighted by molar-refractivity contribution is 0.505. The van der Waals surface area contributed by atoms with Crippen molar-refractivity contribution in [3.05, 3.63) is 0 Å². The maximum absolute atomic E-state index is 2.30. The lowest BCUT2D eigenvalue weighted by Crippen LogP contribution is -1.99. The predicted molar refractivity (Wildman–Crippen MR) is 123 cm³/mol. The van der Waals surface area contributed by atoms with Gasteiger partial charge in [0.15, 0.2) is 0 Å². The molecule has 0 saturated heterocycles. The molecule has 26 heavy (non-hydrogen) atoms. The van der Waals surface area contributed by atoms with Crippen LogP contribution in [0.2, 0.25) is 0 Å². The van der Waals surface area contributed by atoms with Gasteiger partial charge < -0.3 is 4.90 Å². The molecule has 0 aromatic heterocycles. The third kappa shape index (κ3) is 35.1. The Balaban J connectivity index is 0. The van der Waals surface area contributed by atoms with Crippen LogP contribution in [-0.2, 0) is 0 Å². The molecule has 0 aliphatic carbocycles. The second-order valence-electron chi connectivity index (χ2n) is 8.71. The molecule has 0 aromatic carbocycles. The number of rotatable bonds is 19. The summed E-state index contributed by atoms with van der Waals surface area (Å²) in [6.45, 7) is 4.60. The fourth-order valence-corrected chi connectivity index (χ4v) is 3.33. The van der Waals surface area contributed by atoms with Crippen LogP contribution in [0.5, 0.6) is 0 Å². The molecule has 0 radical (unpaired) electrons. The molecule has 1 heteroatoms. The largest absolute Gasteiger partial charge is 0.312 e. The van der Waals surface area contributed by atoms with Crippen LogP contribution >= 0.6 is 0 Å². The standard InChI is InChI=1S/C22H46.C3H9N/c1-3-5-7-9-11-13-15-17-19-21-22-20-18-16-14-12-10-8-6-4-2;1-4(2)3/h3-22H2,1-2H3;1-3H3. The molecule has 0 aliphatic heterocycles. The first-order chi connectivity index (χ1) is 12.6. The predicted octanol–water partition coefficient (Wildman–Crippen LogP) is 9.01. The highest BCUT2D eigenvalue weighted by Gasteiger charge is 1.94. The average Bonchev–Trinajstić information content (AvgIpc) is 2.60. The highest BCUT2D eigenvalue weighted by molar-refractivity contribution is 4.50. The molecule has 0 atom stereocenters. The van der Waals surface area contributed by atoms with E-state index in [2.05, 4.69) is 13.8 Å². The van der Waals surface area contributed by atoms with Gasteiger partial charge in [-0.3, -0.25) is 0 Å². The van der Waals surface area contributed by atoms with E-state index in [1.54, 1.807) is 0 Å². The van der Waals surface area contributed by atoms with Gasteiger partial charge in [-0.2, -0.15) is 0 Å². The van der Waals surface area contributed by atoms with E-state index in [-0.39, 0.29) is 0 Å². The average molecular weight is 370 g/mol. The molecule has 0 spiro atoms. The van der Waals surface area contributed by atoms with Crippen molar-refractivity contribution in [1.29, 1.82) is 0 Å². The molecular formula is C25H55N. The van der Waals surface area contributed by atoms with Crippen molar-refractivity contribution in [2.75, 3.05) is 21.1 Å². The molecule has 0 bridgehead atoms. The summed E-state index contributed by atoms with van der Waals surface area (Å²) in [7, 11) is 6.00. The lowest BCUT2D eigenvalue weighted by Gasteiger charge is -2.03. The fraction of sp³-hybridized carbons (Fsp3) is 1.00. The van der Waals surface area contributed by atoms with Crippen LogP contribution in [0.3, 0.4) is 0 Å². The number of hydrogen-bond acceptors (Lipinski definition) is 1. The van der Waals surface area contributed by atoms with E-state index in [0.717, 1.165) is 0 Å². The van der Waals surface area contributed by atoms with Crippen LogP contribution in [0.1, 0.15) is 142 Å². The lowest BCUT2D eigenvalue weighted by atomic mass is 10.0. The first kappa shape index (κ1) is 28.2. The van der Waals surface area contributed by atoms with Crippen molar-refractivity contribution in [3.63, 3.8) is 0 Å². The maximum atomic E-state index is 2.30. The second kappa shape index (κ2) is 27.2. The van der Waals surface area contributed by atoms with Gasteiger partial charge in [-0.05, 0) is 21.1 Å². The summed E-state index contributed by atoms with van der Waals surface area (Å²) in [5.41, 5.74) is 0. The first-order valence-electron chi connectivity index (χ1n) is 12.3. The van der Waals surface area contributed by atoms with E-state index in [1.165, 1.54) is 128 Å². The molecule has 0 unspecified atom stereocenters. The van der Waals surface area contributed by atoms with Crippen molar-refractivity contribution in [2.45, 2.75) is 142 Å². The van der Waals surface area contributed by atoms with Gasteiger partial charge in [-0.25, -0.2) is 0 Å². The topological polar surface area (TPSA) is 3.24 Å². The molecule has 0 N–H and O–H groups in total. The minimum atomic E-state index is 1.37. The molecule has 160 valence electrons. The molecule has 0 aliphatic rings. The summed E-state index contributed by atoms with van der Waals surface area (Å²) >= 11 is 0. The van der Waals surface area contributed by atoms with Crippen molar-refractivity contribution in [1.82, 2.24) is 4.90 Å². The summed E-state index contributed by atoms with van der Waals surface area (Å²) in [4.78, 5) is 2.00. The SMILES string of the molecule is CCCCCCCCCCCCCCCCCCCCCC.CN(C)C. The first-order valence-corrected chi connectivity index (χ1v) is 12.3. The maximum Gasteiger partial charge on any atom is -0.0140 e. The monoisotopic (exact) mass is 369 g/mol. The van der Waals surface area contributed by atoms with Crippen LogP contribution in [0.4, 0.5) is 0 Å². The van der Waals surface area contributed by atoms with Crippen molar-refractivity contribution >= 4 is 0 Å². The van der Waals surface area contributed by atoms with Gasteiger partial charge in [-0.1, -0.05) is 142 Å². The van der Waals surface area contributed by atoms with Gasteiger partial charge in [0.25, 0.3) is 0 Å². The Kier molecular flexibility index (Phi) is 29.5. The number of nitrogens with zero attached hydrogens (tertiary/aromatic N) is 1. The van der Waals surface area contributed by atoms with E-state index in [1.807, 2.05) is 26.0 Å². The third-order valence-corrected chi connectivity index (χ3v) is 4.96. The summed E-state index contributed by atoms with van der Waals surface area (Å²) in [6.07, 6.45) is 29.4. The van der Waals surface area contributed by atoms with Crippen LogP contribution in [0.25, 0.3) is 0 Å². The van der Waals surface area contributed by atoms with E-state index in [4.69, 9.17) is 0 Å². The van der Waals surface area contributed by atoms with Gasteiger partial charge in [0, 0.05) is 0 Å². The second-order valence-corrected chi connectivity index (χ2v) is 8.71. The van der Waals surface area contributed by atoms with Crippen LogP contribution in [-0.4, -0.2) is 26.0 Å². The Morgan fingerprint density at radius 3 is 0.538 bits per heavy atom. The highest BCUT2D eigenvalue weighted by Crippen LogP contribution is 2.14. The summed E-state index contributed by atoms with van der Waals surface area (Å²) < 4.78 is 0. The summed E-state index contributed by atoms with van der Waals surface area (Å²) in [5.74, 6) is 0.